The smallest absolute Gasteiger partial charge is 0.266 e. The van der Waals surface area contributed by atoms with E-state index >= 15 is 0 Å². The zero-order valence-electron chi connectivity index (χ0n) is 17.9. The Morgan fingerprint density at radius 1 is 1.09 bits per heavy atom. The molecule has 0 saturated carbocycles. The molecule has 1 N–H and O–H groups in total. The van der Waals surface area contributed by atoms with Gasteiger partial charge in [-0.25, -0.2) is 0 Å². The van der Waals surface area contributed by atoms with E-state index in [-0.39, 0.29) is 5.57 Å². The third kappa shape index (κ3) is 4.66. The van der Waals surface area contributed by atoms with Crippen molar-refractivity contribution < 1.29 is 4.79 Å². The van der Waals surface area contributed by atoms with E-state index in [0.29, 0.717) is 12.2 Å². The third-order valence-electron chi connectivity index (χ3n) is 5.39. The van der Waals surface area contributed by atoms with Crippen LogP contribution in [0.1, 0.15) is 22.3 Å². The summed E-state index contributed by atoms with van der Waals surface area (Å²) in [6.07, 6.45) is 3.66. The van der Waals surface area contributed by atoms with Crippen molar-refractivity contribution in [3.63, 3.8) is 0 Å². The Balaban J connectivity index is 1.68. The molecule has 158 valence electrons. The van der Waals surface area contributed by atoms with E-state index in [1.807, 2.05) is 74.6 Å². The first-order valence-electron chi connectivity index (χ1n) is 10.3. The number of hydrogen-bond acceptors (Lipinski definition) is 2. The Morgan fingerprint density at radius 2 is 1.84 bits per heavy atom. The van der Waals surface area contributed by atoms with Crippen molar-refractivity contribution in [3.8, 4) is 6.07 Å². The number of aryl methyl sites for hydroxylation is 2. The fourth-order valence-corrected chi connectivity index (χ4v) is 3.94. The third-order valence-corrected chi connectivity index (χ3v) is 5.92. The van der Waals surface area contributed by atoms with Crippen LogP contribution in [0.3, 0.4) is 0 Å². The lowest BCUT2D eigenvalue weighted by atomic mass is 10.1. The SMILES string of the molecule is Cc1ccc(C)c(NC(=O)/C(C#N)=C/c2cn(Cc3ccc(Br)cc3)c3ccccc23)c1. The molecule has 0 aliphatic carbocycles. The van der Waals surface area contributed by atoms with Crippen molar-refractivity contribution >= 4 is 44.5 Å². The molecule has 1 heterocycles. The van der Waals surface area contributed by atoms with Gasteiger partial charge in [0.2, 0.25) is 0 Å². The second kappa shape index (κ2) is 9.25. The number of nitriles is 1. The van der Waals surface area contributed by atoms with Gasteiger partial charge >= 0.3 is 0 Å². The van der Waals surface area contributed by atoms with Crippen molar-refractivity contribution in [2.24, 2.45) is 0 Å². The molecule has 0 aliphatic heterocycles. The van der Waals surface area contributed by atoms with Gasteiger partial charge in [-0.15, -0.1) is 0 Å². The number of fused-ring (bicyclic) bond motifs is 1. The van der Waals surface area contributed by atoms with Crippen molar-refractivity contribution in [2.75, 3.05) is 5.32 Å². The molecule has 32 heavy (non-hydrogen) atoms. The summed E-state index contributed by atoms with van der Waals surface area (Å²) < 4.78 is 3.18. The van der Waals surface area contributed by atoms with Gasteiger partial charge < -0.3 is 9.88 Å². The summed E-state index contributed by atoms with van der Waals surface area (Å²) in [5, 5.41) is 13.6. The predicted octanol–water partition coefficient (Wildman–Crippen LogP) is 6.61. The average Bonchev–Trinajstić information content (AvgIpc) is 3.13. The molecular weight excluding hydrogens is 462 g/mol. The summed E-state index contributed by atoms with van der Waals surface area (Å²) in [5.74, 6) is -0.411. The van der Waals surface area contributed by atoms with Gasteiger partial charge in [0, 0.05) is 39.4 Å². The van der Waals surface area contributed by atoms with Crippen LogP contribution in [0.15, 0.2) is 83.0 Å². The van der Waals surface area contributed by atoms with Crippen LogP contribution >= 0.6 is 15.9 Å². The van der Waals surface area contributed by atoms with Gasteiger partial charge in [0.15, 0.2) is 0 Å². The number of anilines is 1. The molecule has 5 heteroatoms. The molecule has 1 amide bonds. The summed E-state index contributed by atoms with van der Waals surface area (Å²) >= 11 is 3.47. The topological polar surface area (TPSA) is 57.8 Å². The van der Waals surface area contributed by atoms with Gasteiger partial charge in [0.25, 0.3) is 5.91 Å². The molecule has 0 unspecified atom stereocenters. The second-order valence-electron chi connectivity index (χ2n) is 7.80. The lowest BCUT2D eigenvalue weighted by molar-refractivity contribution is -0.112. The molecule has 0 bridgehead atoms. The summed E-state index contributed by atoms with van der Waals surface area (Å²) in [6, 6.07) is 24.1. The largest absolute Gasteiger partial charge is 0.342 e. The van der Waals surface area contributed by atoms with E-state index in [0.717, 1.165) is 37.6 Å². The van der Waals surface area contributed by atoms with Gasteiger partial charge in [-0.1, -0.05) is 58.4 Å². The van der Waals surface area contributed by atoms with Crippen LogP contribution < -0.4 is 5.32 Å². The molecule has 4 aromatic rings. The fraction of sp³-hybridized carbons (Fsp3) is 0.111. The highest BCUT2D eigenvalue weighted by Gasteiger charge is 2.14. The Labute approximate surface area is 195 Å². The van der Waals surface area contributed by atoms with E-state index in [9.17, 15) is 10.1 Å². The van der Waals surface area contributed by atoms with Crippen LogP contribution in [0.4, 0.5) is 5.69 Å². The van der Waals surface area contributed by atoms with Crippen molar-refractivity contribution in [3.05, 3.63) is 105 Å². The molecule has 4 nitrogen and oxygen atoms in total. The summed E-state index contributed by atoms with van der Waals surface area (Å²) in [6.45, 7) is 4.59. The molecule has 0 fully saturated rings. The number of halogens is 1. The number of aromatic nitrogens is 1. The van der Waals surface area contributed by atoms with E-state index in [1.54, 1.807) is 6.08 Å². The first-order valence-corrected chi connectivity index (χ1v) is 11.1. The monoisotopic (exact) mass is 483 g/mol. The quantitative estimate of drug-likeness (QED) is 0.256. The van der Waals surface area contributed by atoms with E-state index < -0.39 is 5.91 Å². The van der Waals surface area contributed by atoms with Gasteiger partial charge in [0.1, 0.15) is 11.6 Å². The number of hydrogen-bond donors (Lipinski definition) is 1. The molecule has 0 aliphatic rings. The number of benzene rings is 3. The maximum atomic E-state index is 12.9. The molecule has 4 rings (SSSR count). The number of rotatable bonds is 5. The van der Waals surface area contributed by atoms with E-state index in [1.165, 1.54) is 0 Å². The zero-order valence-corrected chi connectivity index (χ0v) is 19.5. The Kier molecular flexibility index (Phi) is 6.25. The molecule has 0 saturated heterocycles. The van der Waals surface area contributed by atoms with Crippen LogP contribution in [0.2, 0.25) is 0 Å². The Bertz CT molecular complexity index is 1370. The molecular formula is C27H22BrN3O. The molecule has 0 radical (unpaired) electrons. The molecule has 0 atom stereocenters. The zero-order chi connectivity index (χ0) is 22.7. The van der Waals surface area contributed by atoms with Crippen LogP contribution in [-0.4, -0.2) is 10.5 Å². The lowest BCUT2D eigenvalue weighted by Crippen LogP contribution is -2.14. The van der Waals surface area contributed by atoms with Crippen molar-refractivity contribution in [1.29, 1.82) is 5.26 Å². The van der Waals surface area contributed by atoms with Crippen molar-refractivity contribution in [2.45, 2.75) is 20.4 Å². The summed E-state index contributed by atoms with van der Waals surface area (Å²) in [5.41, 5.74) is 5.83. The number of nitrogens with one attached hydrogen (secondary N) is 1. The highest BCUT2D eigenvalue weighted by Crippen LogP contribution is 2.25. The first-order chi connectivity index (χ1) is 15.4. The number of carbonyl (C=O) groups excluding carboxylic acids is 1. The predicted molar refractivity (Wildman–Crippen MR) is 133 cm³/mol. The molecule has 3 aromatic carbocycles. The first kappa shape index (κ1) is 21.6. The lowest BCUT2D eigenvalue weighted by Gasteiger charge is -2.08. The van der Waals surface area contributed by atoms with E-state index in [4.69, 9.17) is 0 Å². The van der Waals surface area contributed by atoms with Gasteiger partial charge in [-0.2, -0.15) is 5.26 Å². The number of amides is 1. The summed E-state index contributed by atoms with van der Waals surface area (Å²) in [7, 11) is 0. The average molecular weight is 484 g/mol. The van der Waals surface area contributed by atoms with Crippen LogP contribution in [-0.2, 0) is 11.3 Å². The Morgan fingerprint density at radius 3 is 2.59 bits per heavy atom. The minimum Gasteiger partial charge on any atom is -0.342 e. The standard InChI is InChI=1S/C27H22BrN3O/c1-18-7-8-19(2)25(13-18)30-27(32)21(15-29)14-22-17-31(26-6-4-3-5-24(22)26)16-20-9-11-23(28)12-10-20/h3-14,17H,16H2,1-2H3,(H,30,32)/b21-14+. The van der Waals surface area contributed by atoms with Crippen LogP contribution in [0.25, 0.3) is 17.0 Å². The maximum Gasteiger partial charge on any atom is 0.266 e. The highest BCUT2D eigenvalue weighted by molar-refractivity contribution is 9.10. The van der Waals surface area contributed by atoms with Crippen molar-refractivity contribution in [1.82, 2.24) is 4.57 Å². The van der Waals surface area contributed by atoms with Crippen LogP contribution in [0, 0.1) is 25.2 Å². The minimum absolute atomic E-state index is 0.0671. The van der Waals surface area contributed by atoms with Gasteiger partial charge in [-0.3, -0.25) is 4.79 Å². The maximum absolute atomic E-state index is 12.9. The van der Waals surface area contributed by atoms with Crippen LogP contribution in [0.5, 0.6) is 0 Å². The summed E-state index contributed by atoms with van der Waals surface area (Å²) in [4.78, 5) is 12.9. The number of nitrogens with zero attached hydrogens (tertiary/aromatic N) is 2. The molecule has 0 spiro atoms. The second-order valence-corrected chi connectivity index (χ2v) is 8.71. The number of para-hydroxylation sites is 1. The van der Waals surface area contributed by atoms with E-state index in [2.05, 4.69) is 44.0 Å². The normalized spacial score (nSPS) is 11.4. The van der Waals surface area contributed by atoms with Gasteiger partial charge in [-0.05, 0) is 60.9 Å². The molecule has 1 aromatic heterocycles. The fourth-order valence-electron chi connectivity index (χ4n) is 3.67. The Hall–Kier alpha value is -3.62. The number of carbonyl (C=O) groups is 1. The van der Waals surface area contributed by atoms with Gasteiger partial charge in [0.05, 0.1) is 0 Å². The highest BCUT2D eigenvalue weighted by atomic mass is 79.9. The minimum atomic E-state index is -0.411.